The zero-order valence-corrected chi connectivity index (χ0v) is 23.3. The molecular weight excluding hydrogens is 532 g/mol. The summed E-state index contributed by atoms with van der Waals surface area (Å²) in [6.07, 6.45) is 0.858. The molecule has 13 nitrogen and oxygen atoms in total. The third-order valence-corrected chi connectivity index (χ3v) is 6.38. The van der Waals surface area contributed by atoms with E-state index in [0.29, 0.717) is 12.0 Å². The summed E-state index contributed by atoms with van der Waals surface area (Å²) >= 11 is 0. The Hall–Kier alpha value is -4.55. The fourth-order valence-electron chi connectivity index (χ4n) is 4.19. The lowest BCUT2D eigenvalue weighted by Crippen LogP contribution is -2.56. The van der Waals surface area contributed by atoms with Crippen LogP contribution in [-0.2, 0) is 19.1 Å². The number of piperazine rings is 1. The molecule has 0 unspecified atom stereocenters. The molecule has 13 heteroatoms. The molecule has 41 heavy (non-hydrogen) atoms. The lowest BCUT2D eigenvalue weighted by atomic mass is 10.1. The first-order valence-corrected chi connectivity index (χ1v) is 13.7. The van der Waals surface area contributed by atoms with E-state index in [0.717, 1.165) is 6.42 Å². The van der Waals surface area contributed by atoms with Gasteiger partial charge in [0, 0.05) is 50.7 Å². The highest BCUT2D eigenvalue weighted by atomic mass is 16.6. The van der Waals surface area contributed by atoms with Gasteiger partial charge in [0.1, 0.15) is 17.6 Å². The largest absolute Gasteiger partial charge is 0.481 e. The topological polar surface area (TPSA) is 171 Å². The van der Waals surface area contributed by atoms with Crippen LogP contribution in [0.5, 0.6) is 0 Å². The van der Waals surface area contributed by atoms with Crippen LogP contribution in [0.2, 0.25) is 0 Å². The number of carboxylic acids is 1. The first-order valence-electron chi connectivity index (χ1n) is 13.7. The van der Waals surface area contributed by atoms with E-state index in [1.807, 2.05) is 13.0 Å². The van der Waals surface area contributed by atoms with E-state index >= 15 is 0 Å². The van der Waals surface area contributed by atoms with Crippen LogP contribution >= 0.6 is 0 Å². The molecule has 1 atom stereocenters. The molecule has 1 aliphatic heterocycles. The molecule has 1 fully saturated rings. The maximum absolute atomic E-state index is 13.4. The first-order chi connectivity index (χ1) is 19.7. The Morgan fingerprint density at radius 2 is 1.66 bits per heavy atom. The number of nitrogens with one attached hydrogen (secondary N) is 2. The van der Waals surface area contributed by atoms with Gasteiger partial charge in [-0.1, -0.05) is 43.7 Å². The van der Waals surface area contributed by atoms with Gasteiger partial charge in [0.05, 0.1) is 6.61 Å². The van der Waals surface area contributed by atoms with Crippen LogP contribution in [0.1, 0.15) is 56.4 Å². The summed E-state index contributed by atoms with van der Waals surface area (Å²) < 4.78 is 5.01. The molecule has 1 aromatic heterocycles. The van der Waals surface area contributed by atoms with Crippen molar-refractivity contribution in [2.45, 2.75) is 52.0 Å². The SMILES string of the molecule is CCCCC(=O)Nc1cc(C(=O)N[C@@H](CCC(=O)O)C(=O)N2CCN(C(=O)OCC)CC2)nc(-c2ccccc2)n1. The Labute approximate surface area is 238 Å². The van der Waals surface area contributed by atoms with Gasteiger partial charge < -0.3 is 30.3 Å². The predicted octanol–water partition coefficient (Wildman–Crippen LogP) is 2.54. The number of unbranched alkanes of at least 4 members (excludes halogenated alkanes) is 1. The molecular formula is C28H36N6O7. The first kappa shape index (κ1) is 31.0. The van der Waals surface area contributed by atoms with Crippen LogP contribution < -0.4 is 10.6 Å². The summed E-state index contributed by atoms with van der Waals surface area (Å²) in [5.74, 6) is -2.22. The quantitative estimate of drug-likeness (QED) is 0.348. The number of benzene rings is 1. The predicted molar refractivity (Wildman–Crippen MR) is 149 cm³/mol. The van der Waals surface area contributed by atoms with Gasteiger partial charge in [0.2, 0.25) is 11.8 Å². The van der Waals surface area contributed by atoms with Crippen molar-refractivity contribution in [3.05, 3.63) is 42.1 Å². The smallest absolute Gasteiger partial charge is 0.409 e. The van der Waals surface area contributed by atoms with E-state index in [1.54, 1.807) is 31.2 Å². The van der Waals surface area contributed by atoms with Crippen molar-refractivity contribution < 1.29 is 33.8 Å². The second kappa shape index (κ2) is 15.3. The minimum Gasteiger partial charge on any atom is -0.481 e. The maximum Gasteiger partial charge on any atom is 0.409 e. The molecule has 2 aromatic rings. The highest BCUT2D eigenvalue weighted by Crippen LogP contribution is 2.19. The third-order valence-electron chi connectivity index (χ3n) is 6.38. The van der Waals surface area contributed by atoms with Crippen LogP contribution in [0.3, 0.4) is 0 Å². The summed E-state index contributed by atoms with van der Waals surface area (Å²) in [6, 6.07) is 9.08. The van der Waals surface area contributed by atoms with Crippen molar-refractivity contribution in [2.24, 2.45) is 0 Å². The molecule has 220 valence electrons. The second-order valence-electron chi connectivity index (χ2n) is 9.45. The molecule has 0 radical (unpaired) electrons. The van der Waals surface area contributed by atoms with E-state index in [1.165, 1.54) is 15.9 Å². The molecule has 0 spiro atoms. The van der Waals surface area contributed by atoms with Crippen molar-refractivity contribution in [3.63, 3.8) is 0 Å². The fraction of sp³-hybridized carbons (Fsp3) is 0.464. The minimum absolute atomic E-state index is 0.0927. The number of nitrogens with zero attached hydrogens (tertiary/aromatic N) is 4. The average Bonchev–Trinajstić information content (AvgIpc) is 2.98. The zero-order valence-electron chi connectivity index (χ0n) is 23.3. The van der Waals surface area contributed by atoms with Crippen LogP contribution in [0.15, 0.2) is 36.4 Å². The molecule has 1 aliphatic rings. The molecule has 0 aliphatic carbocycles. The number of anilines is 1. The lowest BCUT2D eigenvalue weighted by molar-refractivity contribution is -0.138. The van der Waals surface area contributed by atoms with Crippen LogP contribution in [-0.4, -0.2) is 93.5 Å². The Balaban J connectivity index is 1.81. The molecule has 2 heterocycles. The molecule has 0 saturated carbocycles. The number of amides is 4. The minimum atomic E-state index is -1.15. The van der Waals surface area contributed by atoms with Crippen molar-refractivity contribution in [2.75, 3.05) is 38.1 Å². The Morgan fingerprint density at radius 3 is 2.29 bits per heavy atom. The van der Waals surface area contributed by atoms with Crippen LogP contribution in [0, 0.1) is 0 Å². The van der Waals surface area contributed by atoms with Crippen LogP contribution in [0.25, 0.3) is 11.4 Å². The summed E-state index contributed by atoms with van der Waals surface area (Å²) in [4.78, 5) is 74.2. The van der Waals surface area contributed by atoms with E-state index in [9.17, 15) is 29.1 Å². The van der Waals surface area contributed by atoms with Gasteiger partial charge in [-0.25, -0.2) is 14.8 Å². The number of rotatable bonds is 12. The number of carbonyl (C=O) groups is 5. The monoisotopic (exact) mass is 568 g/mol. The molecule has 3 rings (SSSR count). The number of carbonyl (C=O) groups excluding carboxylic acids is 4. The second-order valence-corrected chi connectivity index (χ2v) is 9.45. The fourth-order valence-corrected chi connectivity index (χ4v) is 4.19. The highest BCUT2D eigenvalue weighted by molar-refractivity contribution is 5.98. The molecule has 0 bridgehead atoms. The number of hydrogen-bond donors (Lipinski definition) is 3. The number of hydrogen-bond acceptors (Lipinski definition) is 8. The summed E-state index contributed by atoms with van der Waals surface area (Å²) in [6.45, 7) is 4.82. The average molecular weight is 569 g/mol. The van der Waals surface area contributed by atoms with E-state index in [4.69, 9.17) is 4.74 Å². The Kier molecular flexibility index (Phi) is 11.6. The third kappa shape index (κ3) is 9.26. The Morgan fingerprint density at radius 1 is 0.976 bits per heavy atom. The number of ether oxygens (including phenoxy) is 1. The normalized spacial score (nSPS) is 13.7. The molecule has 4 amide bonds. The lowest BCUT2D eigenvalue weighted by Gasteiger charge is -2.35. The van der Waals surface area contributed by atoms with Gasteiger partial charge in [0.25, 0.3) is 5.91 Å². The van der Waals surface area contributed by atoms with Gasteiger partial charge >= 0.3 is 12.1 Å². The Bertz CT molecular complexity index is 1230. The van der Waals surface area contributed by atoms with Gasteiger partial charge in [-0.05, 0) is 19.8 Å². The van der Waals surface area contributed by atoms with E-state index in [-0.39, 0.29) is 75.3 Å². The van der Waals surface area contributed by atoms with Gasteiger partial charge in [0.15, 0.2) is 5.82 Å². The maximum atomic E-state index is 13.4. The van der Waals surface area contributed by atoms with Crippen molar-refractivity contribution in [1.82, 2.24) is 25.1 Å². The zero-order chi connectivity index (χ0) is 29.8. The van der Waals surface area contributed by atoms with E-state index < -0.39 is 29.9 Å². The van der Waals surface area contributed by atoms with Crippen molar-refractivity contribution >= 4 is 35.6 Å². The van der Waals surface area contributed by atoms with Gasteiger partial charge in [-0.3, -0.25) is 19.2 Å². The molecule has 3 N–H and O–H groups in total. The van der Waals surface area contributed by atoms with Gasteiger partial charge in [-0.15, -0.1) is 0 Å². The number of aromatic nitrogens is 2. The van der Waals surface area contributed by atoms with Crippen molar-refractivity contribution in [1.29, 1.82) is 0 Å². The van der Waals surface area contributed by atoms with Gasteiger partial charge in [-0.2, -0.15) is 0 Å². The van der Waals surface area contributed by atoms with E-state index in [2.05, 4.69) is 20.6 Å². The summed E-state index contributed by atoms with van der Waals surface area (Å²) in [5, 5.41) is 14.6. The highest BCUT2D eigenvalue weighted by Gasteiger charge is 2.31. The molecule has 1 saturated heterocycles. The summed E-state index contributed by atoms with van der Waals surface area (Å²) in [7, 11) is 0. The summed E-state index contributed by atoms with van der Waals surface area (Å²) in [5.41, 5.74) is 0.522. The standard InChI is InChI=1S/C28H36N6O7/c1-3-5-11-23(35)31-22-18-21(29-25(32-22)19-9-7-6-8-10-19)26(38)30-20(12-13-24(36)37)27(39)33-14-16-34(17-15-33)28(40)41-4-2/h6-10,18,20H,3-5,11-17H2,1-2H3,(H,30,38)(H,36,37)(H,29,31,32,35)/t20-/m0/s1. The number of carboxylic acid groups (broad SMARTS) is 1. The van der Waals surface area contributed by atoms with Crippen LogP contribution in [0.4, 0.5) is 10.6 Å². The number of aliphatic carboxylic acids is 1. The molecule has 1 aromatic carbocycles. The van der Waals surface area contributed by atoms with Crippen molar-refractivity contribution in [3.8, 4) is 11.4 Å².